The third-order valence-corrected chi connectivity index (χ3v) is 3.29. The van der Waals surface area contributed by atoms with E-state index in [2.05, 4.69) is 0 Å². The fraction of sp³-hybridized carbons (Fsp3) is 0.500. The first-order valence-electron chi connectivity index (χ1n) is 5.49. The highest BCUT2D eigenvalue weighted by Crippen LogP contribution is 2.42. The van der Waals surface area contributed by atoms with E-state index in [4.69, 9.17) is 26.8 Å². The Hall–Kier alpha value is -0.930. The van der Waals surface area contributed by atoms with Crippen molar-refractivity contribution in [3.05, 3.63) is 22.2 Å². The largest absolute Gasteiger partial charge is 0.493 e. The second-order valence-corrected chi connectivity index (χ2v) is 4.23. The van der Waals surface area contributed by atoms with Crippen molar-refractivity contribution >= 4 is 11.6 Å². The highest BCUT2D eigenvalue weighted by molar-refractivity contribution is 6.32. The van der Waals surface area contributed by atoms with E-state index < -0.39 is 0 Å². The molecule has 0 unspecified atom stereocenters. The maximum atomic E-state index is 6.34. The van der Waals surface area contributed by atoms with E-state index >= 15 is 0 Å². The van der Waals surface area contributed by atoms with Gasteiger partial charge in [0.05, 0.1) is 18.7 Å². The number of hydrogen-bond donors (Lipinski definition) is 1. The number of ether oxygens (including phenoxy) is 2. The molecule has 0 saturated heterocycles. The number of nitrogens with two attached hydrogens (primary N) is 1. The molecule has 2 N–H and O–H groups in total. The molecule has 0 aliphatic carbocycles. The van der Waals surface area contributed by atoms with Crippen molar-refractivity contribution < 1.29 is 9.47 Å². The van der Waals surface area contributed by atoms with Crippen molar-refractivity contribution in [1.29, 1.82) is 0 Å². The Morgan fingerprint density at radius 3 is 3.06 bits per heavy atom. The average molecular weight is 242 g/mol. The number of hydrogen-bond acceptors (Lipinski definition) is 3. The molecule has 0 amide bonds. The summed E-state index contributed by atoms with van der Waals surface area (Å²) in [4.78, 5) is 0. The molecule has 0 atom stereocenters. The lowest BCUT2D eigenvalue weighted by Crippen LogP contribution is -2.02. The Morgan fingerprint density at radius 1 is 1.56 bits per heavy atom. The van der Waals surface area contributed by atoms with Crippen LogP contribution in [0.5, 0.6) is 11.5 Å². The predicted octanol–water partition coefficient (Wildman–Crippen LogP) is 2.17. The van der Waals surface area contributed by atoms with Gasteiger partial charge in [-0.05, 0) is 31.0 Å². The van der Waals surface area contributed by atoms with Crippen LogP contribution >= 0.6 is 11.6 Å². The molecule has 0 radical (unpaired) electrons. The minimum Gasteiger partial charge on any atom is -0.493 e. The van der Waals surface area contributed by atoms with Gasteiger partial charge in [-0.1, -0.05) is 11.6 Å². The summed E-state index contributed by atoms with van der Waals surface area (Å²) < 4.78 is 10.8. The van der Waals surface area contributed by atoms with E-state index in [0.29, 0.717) is 13.2 Å². The molecule has 1 aliphatic rings. The molecule has 0 spiro atoms. The highest BCUT2D eigenvalue weighted by atomic mass is 35.5. The second kappa shape index (κ2) is 4.93. The van der Waals surface area contributed by atoms with Gasteiger partial charge in [-0.15, -0.1) is 0 Å². The van der Waals surface area contributed by atoms with Gasteiger partial charge >= 0.3 is 0 Å². The van der Waals surface area contributed by atoms with Crippen molar-refractivity contribution in [2.24, 2.45) is 5.73 Å². The van der Waals surface area contributed by atoms with Crippen molar-refractivity contribution in [3.8, 4) is 11.5 Å². The summed E-state index contributed by atoms with van der Waals surface area (Å²) in [6, 6.07) is 1.96. The minimum atomic E-state index is 0.673. The fourth-order valence-corrected chi connectivity index (χ4v) is 2.32. The number of benzene rings is 1. The number of fused-ring (bicyclic) bond motifs is 1. The van der Waals surface area contributed by atoms with E-state index in [1.165, 1.54) is 0 Å². The lowest BCUT2D eigenvalue weighted by molar-refractivity contribution is 0.326. The molecular weight excluding hydrogens is 226 g/mol. The molecule has 2 rings (SSSR count). The Kier molecular flexibility index (Phi) is 3.56. The van der Waals surface area contributed by atoms with Crippen LogP contribution in [-0.4, -0.2) is 20.3 Å². The maximum absolute atomic E-state index is 6.34. The summed E-state index contributed by atoms with van der Waals surface area (Å²) in [6.45, 7) is 1.36. The molecular formula is C12H16ClNO2. The lowest BCUT2D eigenvalue weighted by Gasteiger charge is -2.12. The van der Waals surface area contributed by atoms with Crippen LogP contribution in [0.3, 0.4) is 0 Å². The number of rotatable bonds is 4. The summed E-state index contributed by atoms with van der Waals surface area (Å²) in [6.07, 6.45) is 2.68. The van der Waals surface area contributed by atoms with Gasteiger partial charge in [-0.2, -0.15) is 0 Å². The number of aryl methyl sites for hydroxylation is 1. The first kappa shape index (κ1) is 11.6. The topological polar surface area (TPSA) is 44.5 Å². The fourth-order valence-electron chi connectivity index (χ4n) is 1.99. The molecule has 1 heterocycles. The van der Waals surface area contributed by atoms with Gasteiger partial charge in [-0.25, -0.2) is 0 Å². The Bertz CT molecular complexity index is 393. The van der Waals surface area contributed by atoms with E-state index in [-0.39, 0.29) is 0 Å². The Labute approximate surface area is 100 Å². The summed E-state index contributed by atoms with van der Waals surface area (Å²) in [5.74, 6) is 1.59. The molecule has 0 saturated carbocycles. The molecule has 88 valence electrons. The molecule has 0 fully saturated rings. The smallest absolute Gasteiger partial charge is 0.165 e. The summed E-state index contributed by atoms with van der Waals surface area (Å²) in [5.41, 5.74) is 7.69. The normalized spacial score (nSPS) is 13.4. The zero-order chi connectivity index (χ0) is 11.5. The monoisotopic (exact) mass is 241 g/mol. The van der Waals surface area contributed by atoms with Crippen molar-refractivity contribution in [2.45, 2.75) is 19.3 Å². The summed E-state index contributed by atoms with van der Waals surface area (Å²) in [5, 5.41) is 0.821. The lowest BCUT2D eigenvalue weighted by atomic mass is 10.0. The van der Waals surface area contributed by atoms with Crippen LogP contribution in [0.15, 0.2) is 6.07 Å². The molecule has 16 heavy (non-hydrogen) atoms. The molecule has 4 heteroatoms. The van der Waals surface area contributed by atoms with Crippen LogP contribution in [0.25, 0.3) is 0 Å². The maximum Gasteiger partial charge on any atom is 0.165 e. The van der Waals surface area contributed by atoms with Crippen molar-refractivity contribution in [3.63, 3.8) is 0 Å². The first-order chi connectivity index (χ1) is 7.77. The van der Waals surface area contributed by atoms with Crippen LogP contribution < -0.4 is 15.2 Å². The van der Waals surface area contributed by atoms with Gasteiger partial charge < -0.3 is 15.2 Å². The molecule has 1 aromatic carbocycles. The van der Waals surface area contributed by atoms with Crippen LogP contribution in [0.2, 0.25) is 5.02 Å². The summed E-state index contributed by atoms with van der Waals surface area (Å²) >= 11 is 6.34. The highest BCUT2D eigenvalue weighted by Gasteiger charge is 2.22. The molecule has 1 aliphatic heterocycles. The zero-order valence-corrected chi connectivity index (χ0v) is 10.1. The van der Waals surface area contributed by atoms with E-state index in [1.54, 1.807) is 7.11 Å². The van der Waals surface area contributed by atoms with Crippen LogP contribution in [0.1, 0.15) is 17.5 Å². The van der Waals surface area contributed by atoms with Crippen molar-refractivity contribution in [2.75, 3.05) is 20.3 Å². The average Bonchev–Trinajstić information content (AvgIpc) is 2.78. The third-order valence-electron chi connectivity index (χ3n) is 2.82. The molecule has 1 aromatic rings. The van der Waals surface area contributed by atoms with Gasteiger partial charge in [0.2, 0.25) is 0 Å². The molecule has 0 aromatic heterocycles. The zero-order valence-electron chi connectivity index (χ0n) is 9.38. The van der Waals surface area contributed by atoms with E-state index in [0.717, 1.165) is 46.9 Å². The van der Waals surface area contributed by atoms with Gasteiger partial charge in [0.1, 0.15) is 0 Å². The Morgan fingerprint density at radius 2 is 2.38 bits per heavy atom. The number of methoxy groups -OCH3 is 1. The molecule has 3 nitrogen and oxygen atoms in total. The van der Waals surface area contributed by atoms with Crippen LogP contribution in [0, 0.1) is 0 Å². The minimum absolute atomic E-state index is 0.673. The molecule has 0 bridgehead atoms. The number of halogens is 1. The SMILES string of the molecule is COc1cc(CCCN)c(Cl)c2c1OCC2. The standard InChI is InChI=1S/C12H16ClNO2/c1-15-10-7-8(3-2-5-14)11(13)9-4-6-16-12(9)10/h7H,2-6,14H2,1H3. The van der Waals surface area contributed by atoms with E-state index in [9.17, 15) is 0 Å². The van der Waals surface area contributed by atoms with Crippen LogP contribution in [-0.2, 0) is 12.8 Å². The van der Waals surface area contributed by atoms with Crippen LogP contribution in [0.4, 0.5) is 0 Å². The Balaban J connectivity index is 2.39. The van der Waals surface area contributed by atoms with Gasteiger partial charge in [0.15, 0.2) is 11.5 Å². The second-order valence-electron chi connectivity index (χ2n) is 3.85. The predicted molar refractivity (Wildman–Crippen MR) is 64.6 cm³/mol. The summed E-state index contributed by atoms with van der Waals surface area (Å²) in [7, 11) is 1.65. The van der Waals surface area contributed by atoms with Gasteiger partial charge in [-0.3, -0.25) is 0 Å². The van der Waals surface area contributed by atoms with Gasteiger partial charge in [0, 0.05) is 12.0 Å². The quantitative estimate of drug-likeness (QED) is 0.879. The van der Waals surface area contributed by atoms with E-state index in [1.807, 2.05) is 6.07 Å². The van der Waals surface area contributed by atoms with Crippen molar-refractivity contribution in [1.82, 2.24) is 0 Å². The van der Waals surface area contributed by atoms with Gasteiger partial charge in [0.25, 0.3) is 0 Å². The first-order valence-corrected chi connectivity index (χ1v) is 5.86. The third kappa shape index (κ3) is 1.97.